The van der Waals surface area contributed by atoms with Crippen LogP contribution in [0.2, 0.25) is 5.02 Å². The minimum Gasteiger partial charge on any atom is -0.368 e. The number of carbonyl (C=O) groups excluding carboxylic acids is 1. The van der Waals surface area contributed by atoms with Gasteiger partial charge in [-0.25, -0.2) is 8.42 Å². The molecule has 0 aliphatic carbocycles. The van der Waals surface area contributed by atoms with Crippen LogP contribution in [0.3, 0.4) is 0 Å². The van der Waals surface area contributed by atoms with Gasteiger partial charge in [0.25, 0.3) is 0 Å². The van der Waals surface area contributed by atoms with Crippen molar-refractivity contribution in [2.45, 2.75) is 24.4 Å². The van der Waals surface area contributed by atoms with Gasteiger partial charge in [-0.1, -0.05) is 71.8 Å². The topological polar surface area (TPSA) is 80.5 Å². The molecular formula is C22H21ClN2O3S. The van der Waals surface area contributed by atoms with E-state index in [0.717, 1.165) is 15.4 Å². The molecule has 0 saturated carbocycles. The molecule has 0 unspecified atom stereocenters. The van der Waals surface area contributed by atoms with Gasteiger partial charge >= 0.3 is 0 Å². The molecule has 29 heavy (non-hydrogen) atoms. The van der Waals surface area contributed by atoms with Gasteiger partial charge in [0.2, 0.25) is 15.9 Å². The molecule has 2 N–H and O–H groups in total. The molecule has 0 aliphatic rings. The van der Waals surface area contributed by atoms with Crippen LogP contribution < -0.4 is 5.73 Å². The Morgan fingerprint density at radius 1 is 0.966 bits per heavy atom. The molecule has 0 saturated heterocycles. The zero-order chi connectivity index (χ0) is 21.0. The molecule has 1 atom stereocenters. The largest absolute Gasteiger partial charge is 0.368 e. The molecule has 0 aromatic heterocycles. The highest BCUT2D eigenvalue weighted by Gasteiger charge is 2.36. The molecule has 0 spiro atoms. The third-order valence-electron chi connectivity index (χ3n) is 4.55. The van der Waals surface area contributed by atoms with Crippen molar-refractivity contribution in [3.8, 4) is 0 Å². The summed E-state index contributed by atoms with van der Waals surface area (Å²) in [6.45, 7) is 1.94. The molecule has 150 valence electrons. The summed E-state index contributed by atoms with van der Waals surface area (Å²) in [5.41, 5.74) is 7.98. The lowest BCUT2D eigenvalue weighted by molar-refractivity contribution is -0.122. The van der Waals surface area contributed by atoms with Gasteiger partial charge in [-0.05, 0) is 42.3 Å². The Balaban J connectivity index is 2.13. The number of sulfonamides is 1. The van der Waals surface area contributed by atoms with Crippen LogP contribution in [0.5, 0.6) is 0 Å². The minimum absolute atomic E-state index is 0.00621. The van der Waals surface area contributed by atoms with E-state index in [9.17, 15) is 13.2 Å². The molecule has 3 aromatic carbocycles. The molecule has 0 aliphatic heterocycles. The first-order valence-electron chi connectivity index (χ1n) is 8.96. The average Bonchev–Trinajstić information content (AvgIpc) is 2.70. The Labute approximate surface area is 175 Å². The zero-order valence-corrected chi connectivity index (χ0v) is 17.4. The van der Waals surface area contributed by atoms with E-state index in [4.69, 9.17) is 17.3 Å². The second kappa shape index (κ2) is 8.78. The Bertz CT molecular complexity index is 1080. The number of nitrogens with two attached hydrogens (primary N) is 1. The van der Waals surface area contributed by atoms with Gasteiger partial charge in [-0.3, -0.25) is 4.79 Å². The fourth-order valence-corrected chi connectivity index (χ4v) is 4.74. The first kappa shape index (κ1) is 21.0. The molecule has 3 aromatic rings. The lowest BCUT2D eigenvalue weighted by atomic mass is 10.1. The van der Waals surface area contributed by atoms with Crippen LogP contribution in [-0.2, 0) is 21.4 Å². The van der Waals surface area contributed by atoms with E-state index in [0.29, 0.717) is 10.6 Å². The number of rotatable bonds is 7. The number of aryl methyl sites for hydroxylation is 1. The Morgan fingerprint density at radius 3 is 2.10 bits per heavy atom. The SMILES string of the molecule is Cc1ccc(CN([C@@H](C(N)=O)c2ccccc2)S(=O)(=O)c2ccc(Cl)cc2)cc1. The quantitative estimate of drug-likeness (QED) is 0.616. The molecule has 0 fully saturated rings. The lowest BCUT2D eigenvalue weighted by Crippen LogP contribution is -2.41. The fourth-order valence-electron chi connectivity index (χ4n) is 3.04. The van der Waals surface area contributed by atoms with E-state index in [2.05, 4.69) is 0 Å². The van der Waals surface area contributed by atoms with E-state index in [1.54, 1.807) is 30.3 Å². The summed E-state index contributed by atoms with van der Waals surface area (Å²) in [5, 5.41) is 0.420. The number of primary amides is 1. The molecule has 3 rings (SSSR count). The van der Waals surface area contributed by atoms with Crippen LogP contribution >= 0.6 is 11.6 Å². The molecule has 5 nitrogen and oxygen atoms in total. The average molecular weight is 429 g/mol. The van der Waals surface area contributed by atoms with Gasteiger partial charge in [0.05, 0.1) is 4.90 Å². The van der Waals surface area contributed by atoms with Gasteiger partial charge in [0, 0.05) is 11.6 Å². The summed E-state index contributed by atoms with van der Waals surface area (Å²) >= 11 is 5.91. The smallest absolute Gasteiger partial charge is 0.244 e. The number of hydrogen-bond donors (Lipinski definition) is 1. The third-order valence-corrected chi connectivity index (χ3v) is 6.63. The van der Waals surface area contributed by atoms with Crippen LogP contribution in [0.4, 0.5) is 0 Å². The van der Waals surface area contributed by atoms with Crippen LogP contribution in [0.25, 0.3) is 0 Å². The van der Waals surface area contributed by atoms with E-state index in [-0.39, 0.29) is 11.4 Å². The van der Waals surface area contributed by atoms with E-state index in [1.165, 1.54) is 24.3 Å². The van der Waals surface area contributed by atoms with Crippen LogP contribution in [-0.4, -0.2) is 18.6 Å². The van der Waals surface area contributed by atoms with Gasteiger partial charge in [0.1, 0.15) is 6.04 Å². The van der Waals surface area contributed by atoms with Crippen LogP contribution in [0, 0.1) is 6.92 Å². The number of hydrogen-bond acceptors (Lipinski definition) is 3. The molecule has 1 amide bonds. The summed E-state index contributed by atoms with van der Waals surface area (Å²) < 4.78 is 28.2. The lowest BCUT2D eigenvalue weighted by Gasteiger charge is -2.29. The Kier molecular flexibility index (Phi) is 6.37. The number of benzene rings is 3. The fraction of sp³-hybridized carbons (Fsp3) is 0.136. The number of halogens is 1. The highest BCUT2D eigenvalue weighted by Crippen LogP contribution is 2.30. The van der Waals surface area contributed by atoms with Crippen molar-refractivity contribution in [2.75, 3.05) is 0 Å². The van der Waals surface area contributed by atoms with Gasteiger partial charge in [-0.2, -0.15) is 4.31 Å². The van der Waals surface area contributed by atoms with Crippen molar-refractivity contribution in [1.29, 1.82) is 0 Å². The Morgan fingerprint density at radius 2 is 1.55 bits per heavy atom. The minimum atomic E-state index is -4.04. The number of amides is 1. The Hall–Kier alpha value is -2.67. The number of nitrogens with zero attached hydrogens (tertiary/aromatic N) is 1. The van der Waals surface area contributed by atoms with Crippen molar-refractivity contribution in [2.24, 2.45) is 5.73 Å². The van der Waals surface area contributed by atoms with E-state index < -0.39 is 22.0 Å². The number of carbonyl (C=O) groups is 1. The zero-order valence-electron chi connectivity index (χ0n) is 15.8. The summed E-state index contributed by atoms with van der Waals surface area (Å²) in [5.74, 6) is -0.749. The maximum Gasteiger partial charge on any atom is 0.244 e. The first-order valence-corrected chi connectivity index (χ1v) is 10.8. The summed E-state index contributed by atoms with van der Waals surface area (Å²) in [6, 6.07) is 20.8. The van der Waals surface area contributed by atoms with Gasteiger partial charge < -0.3 is 5.73 Å². The molecule has 0 heterocycles. The van der Waals surface area contributed by atoms with Crippen molar-refractivity contribution in [3.05, 3.63) is 101 Å². The van der Waals surface area contributed by atoms with E-state index >= 15 is 0 Å². The summed E-state index contributed by atoms with van der Waals surface area (Å²) in [7, 11) is -4.04. The summed E-state index contributed by atoms with van der Waals surface area (Å²) in [6.07, 6.45) is 0. The normalized spacial score (nSPS) is 12.7. The molecule has 0 bridgehead atoms. The second-order valence-corrected chi connectivity index (χ2v) is 9.03. The monoisotopic (exact) mass is 428 g/mol. The van der Waals surface area contributed by atoms with E-state index in [1.807, 2.05) is 31.2 Å². The third kappa shape index (κ3) is 4.85. The van der Waals surface area contributed by atoms with Crippen molar-refractivity contribution in [1.82, 2.24) is 4.31 Å². The highest BCUT2D eigenvalue weighted by atomic mass is 35.5. The molecule has 7 heteroatoms. The van der Waals surface area contributed by atoms with Crippen molar-refractivity contribution in [3.63, 3.8) is 0 Å². The van der Waals surface area contributed by atoms with Crippen molar-refractivity contribution >= 4 is 27.5 Å². The maximum atomic E-state index is 13.5. The first-order chi connectivity index (χ1) is 13.8. The predicted molar refractivity (Wildman–Crippen MR) is 114 cm³/mol. The predicted octanol–water partition coefficient (Wildman–Crippen LogP) is 4.07. The van der Waals surface area contributed by atoms with Gasteiger partial charge in [0.15, 0.2) is 0 Å². The molecule has 0 radical (unpaired) electrons. The van der Waals surface area contributed by atoms with Crippen LogP contribution in [0.15, 0.2) is 83.8 Å². The maximum absolute atomic E-state index is 13.5. The molecular weight excluding hydrogens is 408 g/mol. The standard InChI is InChI=1S/C22H21ClN2O3S/c1-16-7-9-17(10-8-16)15-25(21(22(24)26)18-5-3-2-4-6-18)29(27,28)20-13-11-19(23)12-14-20/h2-14,21H,15H2,1H3,(H2,24,26)/t21-/m1/s1. The van der Waals surface area contributed by atoms with Gasteiger partial charge in [-0.15, -0.1) is 0 Å². The highest BCUT2D eigenvalue weighted by molar-refractivity contribution is 7.89. The second-order valence-electron chi connectivity index (χ2n) is 6.71. The van der Waals surface area contributed by atoms with Crippen molar-refractivity contribution < 1.29 is 13.2 Å². The summed E-state index contributed by atoms with van der Waals surface area (Å²) in [4.78, 5) is 12.5. The van der Waals surface area contributed by atoms with Crippen LogP contribution in [0.1, 0.15) is 22.7 Å².